The van der Waals surface area contributed by atoms with E-state index in [-0.39, 0.29) is 49.9 Å². The third-order valence-corrected chi connectivity index (χ3v) is 0.994. The van der Waals surface area contributed by atoms with Crippen molar-refractivity contribution in [3.8, 4) is 0 Å². The minimum absolute atomic E-state index is 0. The van der Waals surface area contributed by atoms with Gasteiger partial charge in [-0.05, 0) is 6.42 Å². The molecule has 0 bridgehead atoms. The third kappa shape index (κ3) is 12.3. The van der Waals surface area contributed by atoms with Gasteiger partial charge in [0.2, 0.25) is 0 Å². The second kappa shape index (κ2) is 9.07. The quantitative estimate of drug-likeness (QED) is 0.791. The fraction of sp³-hybridized carbons (Fsp3) is 0.833. The van der Waals surface area contributed by atoms with Crippen LogP contribution in [0.25, 0.3) is 0 Å². The van der Waals surface area contributed by atoms with Crippen LogP contribution in [0.15, 0.2) is 0 Å². The monoisotopic (exact) mass is 339 g/mol. The number of aliphatic carboxylic acids is 1. The Morgan fingerprint density at radius 2 is 2.00 bits per heavy atom. The van der Waals surface area contributed by atoms with Gasteiger partial charge in [-0.25, -0.2) is 0 Å². The Labute approximate surface area is 97.0 Å². The molecule has 0 spiro atoms. The van der Waals surface area contributed by atoms with Crippen molar-refractivity contribution in [2.45, 2.75) is 32.6 Å². The van der Waals surface area contributed by atoms with Gasteiger partial charge < -0.3 is 5.11 Å². The largest absolute Gasteiger partial charge is 0.481 e. The van der Waals surface area contributed by atoms with E-state index >= 15 is 0 Å². The molecule has 0 aromatic rings. The van der Waals surface area contributed by atoms with Crippen LogP contribution in [0.4, 0.5) is 0 Å². The van der Waals surface area contributed by atoms with Crippen molar-refractivity contribution >= 4 is 5.97 Å². The van der Waals surface area contributed by atoms with E-state index in [0.717, 1.165) is 19.3 Å². The Morgan fingerprint density at radius 1 is 1.44 bits per heavy atom. The van der Waals surface area contributed by atoms with Crippen LogP contribution in [0.1, 0.15) is 32.6 Å². The Hall–Kier alpha value is 1.07. The summed E-state index contributed by atoms with van der Waals surface area (Å²) in [7, 11) is 0. The predicted octanol–water partition coefficient (Wildman–Crippen LogP) is 1.65. The molecule has 1 radical (unpaired) electrons. The van der Waals surface area contributed by atoms with Crippen LogP contribution < -0.4 is 0 Å². The van der Waals surface area contributed by atoms with Gasteiger partial charge >= 0.3 is 5.97 Å². The molecule has 3 heteroatoms. The van der Waals surface area contributed by atoms with Crippen LogP contribution in [-0.4, -0.2) is 11.1 Å². The van der Waals surface area contributed by atoms with Crippen molar-refractivity contribution < 1.29 is 59.8 Å². The second-order valence-electron chi connectivity index (χ2n) is 1.85. The summed E-state index contributed by atoms with van der Waals surface area (Å²) < 4.78 is 0. The number of unbranched alkanes of at least 4 members (excludes halogenated alkanes) is 2. The fourth-order valence-electron chi connectivity index (χ4n) is 0.526. The maximum Gasteiger partial charge on any atom is 0.303 e. The molecule has 0 saturated heterocycles. The van der Waals surface area contributed by atoms with Gasteiger partial charge in [0.05, 0.1) is 0 Å². The molecule has 0 aliphatic carbocycles. The number of hydrogen-bond acceptors (Lipinski definition) is 1. The van der Waals surface area contributed by atoms with Crippen LogP contribution in [0.5, 0.6) is 0 Å². The van der Waals surface area contributed by atoms with Crippen LogP contribution in [-0.2, 0) is 4.79 Å². The number of carboxylic acid groups (broad SMARTS) is 1. The first-order chi connectivity index (χ1) is 3.77. The van der Waals surface area contributed by atoms with Gasteiger partial charge in [0.25, 0.3) is 0 Å². The SMILES string of the molecule is CCCCCC(=O)O.[Fr]. The molecule has 0 rings (SSSR count). The molecule has 1 N–H and O–H groups in total. The molecule has 0 heterocycles. The molecular formula is C6H12FrO2. The Balaban J connectivity index is 0. The van der Waals surface area contributed by atoms with Crippen molar-refractivity contribution in [2.24, 2.45) is 0 Å². The van der Waals surface area contributed by atoms with Crippen molar-refractivity contribution in [2.75, 3.05) is 0 Å². The zero-order valence-electron chi connectivity index (χ0n) is 6.18. The molecular weight excluding hydrogens is 327 g/mol. The molecule has 0 unspecified atom stereocenters. The summed E-state index contributed by atoms with van der Waals surface area (Å²) in [5.41, 5.74) is 0. The van der Waals surface area contributed by atoms with Crippen molar-refractivity contribution in [3.63, 3.8) is 0 Å². The Kier molecular flexibility index (Phi) is 12.8. The molecule has 2 nitrogen and oxygen atoms in total. The molecule has 9 heavy (non-hydrogen) atoms. The summed E-state index contributed by atoms with van der Waals surface area (Å²) in [5, 5.41) is 8.14. The van der Waals surface area contributed by atoms with Crippen LogP contribution in [0.2, 0.25) is 0 Å². The van der Waals surface area contributed by atoms with E-state index in [9.17, 15) is 4.79 Å². The molecule has 0 aromatic carbocycles. The van der Waals surface area contributed by atoms with Crippen molar-refractivity contribution in [3.05, 3.63) is 0 Å². The zero-order chi connectivity index (χ0) is 6.41. The van der Waals surface area contributed by atoms with E-state index in [1.54, 1.807) is 0 Å². The molecule has 49 valence electrons. The Bertz CT molecular complexity index is 73.5. The minimum atomic E-state index is -0.682. The second-order valence-corrected chi connectivity index (χ2v) is 1.85. The van der Waals surface area contributed by atoms with E-state index in [1.165, 1.54) is 0 Å². The first kappa shape index (κ1) is 12.7. The Morgan fingerprint density at radius 3 is 2.33 bits per heavy atom. The van der Waals surface area contributed by atoms with Gasteiger partial charge in [-0.2, -0.15) is 0 Å². The molecule has 0 fully saturated rings. The van der Waals surface area contributed by atoms with Gasteiger partial charge in [0.15, 0.2) is 0 Å². The number of carbonyl (C=O) groups is 1. The molecule has 0 aromatic heterocycles. The summed E-state index contributed by atoms with van der Waals surface area (Å²) in [6, 6.07) is 0. The summed E-state index contributed by atoms with van der Waals surface area (Å²) >= 11 is 0. The van der Waals surface area contributed by atoms with Crippen molar-refractivity contribution in [1.29, 1.82) is 0 Å². The van der Waals surface area contributed by atoms with E-state index in [2.05, 4.69) is 6.92 Å². The number of carboxylic acids is 1. The van der Waals surface area contributed by atoms with Gasteiger partial charge in [-0.1, -0.05) is 19.8 Å². The summed E-state index contributed by atoms with van der Waals surface area (Å²) in [5.74, 6) is -0.682. The van der Waals surface area contributed by atoms with Crippen LogP contribution in [0, 0.1) is 49.9 Å². The van der Waals surface area contributed by atoms with E-state index in [4.69, 9.17) is 5.11 Å². The summed E-state index contributed by atoms with van der Waals surface area (Å²) in [6.45, 7) is 2.06. The molecule has 0 aliphatic heterocycles. The van der Waals surface area contributed by atoms with Gasteiger partial charge in [0, 0.05) is 56.3 Å². The van der Waals surface area contributed by atoms with Gasteiger partial charge in [-0.15, -0.1) is 0 Å². The maximum absolute atomic E-state index is 9.87. The minimum Gasteiger partial charge on any atom is -0.481 e. The van der Waals surface area contributed by atoms with Crippen molar-refractivity contribution in [1.82, 2.24) is 0 Å². The standard InChI is InChI=1S/C6H12O2.Fr/c1-2-3-4-5-6(7)8;/h2-5H2,1H3,(H,7,8);. The van der Waals surface area contributed by atoms with E-state index in [1.807, 2.05) is 0 Å². The summed E-state index contributed by atoms with van der Waals surface area (Å²) in [4.78, 5) is 9.87. The van der Waals surface area contributed by atoms with Crippen LogP contribution in [0.3, 0.4) is 0 Å². The first-order valence-corrected chi connectivity index (χ1v) is 2.99. The van der Waals surface area contributed by atoms with E-state index < -0.39 is 5.97 Å². The fourth-order valence-corrected chi connectivity index (χ4v) is 0.526. The van der Waals surface area contributed by atoms with Gasteiger partial charge in [-0.3, -0.25) is 4.79 Å². The number of rotatable bonds is 4. The maximum atomic E-state index is 9.87. The topological polar surface area (TPSA) is 37.3 Å². The van der Waals surface area contributed by atoms with E-state index in [0.29, 0.717) is 6.42 Å². The average molecular weight is 339 g/mol. The molecule has 0 aliphatic rings. The predicted molar refractivity (Wildman–Crippen MR) is 31.8 cm³/mol. The number of hydrogen-bond donors (Lipinski definition) is 1. The smallest absolute Gasteiger partial charge is 0.303 e. The van der Waals surface area contributed by atoms with Crippen LogP contribution >= 0.6 is 0 Å². The molecule has 0 amide bonds. The molecule has 0 atom stereocenters. The first-order valence-electron chi connectivity index (χ1n) is 2.99. The van der Waals surface area contributed by atoms with Gasteiger partial charge in [0.1, 0.15) is 0 Å². The summed E-state index contributed by atoms with van der Waals surface area (Å²) in [6.07, 6.45) is 3.28. The zero-order valence-corrected chi connectivity index (χ0v) is 14.4. The molecule has 0 saturated carbocycles. The normalized spacial score (nSPS) is 8.11. The average Bonchev–Trinajstić information content (AvgIpc) is 1.66. The third-order valence-electron chi connectivity index (χ3n) is 0.994.